The lowest BCUT2D eigenvalue weighted by Crippen LogP contribution is -2.15. The third-order valence-electron chi connectivity index (χ3n) is 2.30. The molecule has 2 aromatic rings. The van der Waals surface area contributed by atoms with E-state index in [1.807, 2.05) is 0 Å². The van der Waals surface area contributed by atoms with E-state index in [-0.39, 0.29) is 11.3 Å². The lowest BCUT2D eigenvalue weighted by atomic mass is 10.2. The number of carboxylic acids is 1. The predicted octanol–water partition coefficient (Wildman–Crippen LogP) is 2.19. The first-order valence-corrected chi connectivity index (χ1v) is 5.98. The Morgan fingerprint density at radius 3 is 2.68 bits per heavy atom. The van der Waals surface area contributed by atoms with E-state index in [1.54, 1.807) is 12.1 Å². The maximum Gasteiger partial charge on any atom is 0.337 e. The Hall–Kier alpha value is -2.28. The van der Waals surface area contributed by atoms with Gasteiger partial charge in [0.2, 0.25) is 0 Å². The van der Waals surface area contributed by atoms with Gasteiger partial charge in [-0.25, -0.2) is 9.78 Å². The van der Waals surface area contributed by atoms with Crippen molar-refractivity contribution in [2.45, 2.75) is 0 Å². The number of nitrogens with one attached hydrogen (secondary N) is 1. The highest BCUT2D eigenvalue weighted by molar-refractivity contribution is 9.10. The summed E-state index contributed by atoms with van der Waals surface area (Å²) in [5.41, 5.74) is 0.418. The van der Waals surface area contributed by atoms with Crippen LogP contribution in [0.25, 0.3) is 0 Å². The molecule has 0 radical (unpaired) electrons. The minimum Gasteiger partial charge on any atom is -0.478 e. The van der Waals surface area contributed by atoms with Crippen LogP contribution in [0.1, 0.15) is 20.7 Å². The number of carbonyl (C=O) groups excluding carboxylic acids is 1. The molecule has 0 saturated carbocycles. The van der Waals surface area contributed by atoms with Crippen LogP contribution < -0.4 is 5.32 Å². The van der Waals surface area contributed by atoms with Crippen molar-refractivity contribution in [3.05, 3.63) is 52.5 Å². The van der Waals surface area contributed by atoms with Gasteiger partial charge < -0.3 is 10.4 Å². The van der Waals surface area contributed by atoms with E-state index in [2.05, 4.69) is 31.2 Å². The van der Waals surface area contributed by atoms with Crippen LogP contribution in [0.5, 0.6) is 0 Å². The quantitative estimate of drug-likeness (QED) is 0.845. The molecule has 0 unspecified atom stereocenters. The summed E-state index contributed by atoms with van der Waals surface area (Å²) in [7, 11) is 0. The lowest BCUT2D eigenvalue weighted by Gasteiger charge is -2.08. The fourth-order valence-corrected chi connectivity index (χ4v) is 1.86. The van der Waals surface area contributed by atoms with Crippen molar-refractivity contribution in [1.82, 2.24) is 9.97 Å². The minimum absolute atomic E-state index is 0.0247. The van der Waals surface area contributed by atoms with Crippen LogP contribution in [0.3, 0.4) is 0 Å². The molecule has 0 saturated heterocycles. The molecule has 2 aromatic heterocycles. The van der Waals surface area contributed by atoms with Gasteiger partial charge in [0.25, 0.3) is 5.91 Å². The molecule has 2 N–H and O–H groups in total. The Kier molecular flexibility index (Phi) is 3.86. The number of halogens is 1. The second-order valence-corrected chi connectivity index (χ2v) is 4.27. The number of hydrogen-bond acceptors (Lipinski definition) is 4. The molecule has 96 valence electrons. The third kappa shape index (κ3) is 2.94. The first kappa shape index (κ1) is 13.2. The zero-order valence-corrected chi connectivity index (χ0v) is 11.1. The van der Waals surface area contributed by atoms with E-state index >= 15 is 0 Å². The summed E-state index contributed by atoms with van der Waals surface area (Å²) in [6, 6.07) is 4.50. The zero-order valence-electron chi connectivity index (χ0n) is 9.50. The van der Waals surface area contributed by atoms with E-state index < -0.39 is 11.9 Å². The van der Waals surface area contributed by atoms with Gasteiger partial charge in [-0.15, -0.1) is 0 Å². The van der Waals surface area contributed by atoms with Crippen molar-refractivity contribution in [2.75, 3.05) is 5.32 Å². The average molecular weight is 322 g/mol. The molecule has 6 nitrogen and oxygen atoms in total. The standard InChI is InChI=1S/C12H8BrN3O3/c13-10-8(2-1-4-15-10)11(17)16-9-6-14-5-3-7(9)12(18)19/h1-6H,(H,16,17)(H,18,19). The van der Waals surface area contributed by atoms with Crippen molar-refractivity contribution < 1.29 is 14.7 Å². The summed E-state index contributed by atoms with van der Waals surface area (Å²) in [5, 5.41) is 11.5. The number of amides is 1. The Bertz CT molecular complexity index is 646. The van der Waals surface area contributed by atoms with Crippen LogP contribution in [0.15, 0.2) is 41.4 Å². The van der Waals surface area contributed by atoms with Crippen molar-refractivity contribution in [3.63, 3.8) is 0 Å². The maximum atomic E-state index is 12.0. The molecule has 0 bridgehead atoms. The number of aromatic carboxylic acids is 1. The number of carbonyl (C=O) groups is 2. The van der Waals surface area contributed by atoms with Gasteiger partial charge in [0.15, 0.2) is 0 Å². The summed E-state index contributed by atoms with van der Waals surface area (Å²) >= 11 is 3.15. The van der Waals surface area contributed by atoms with Crippen LogP contribution in [0.4, 0.5) is 5.69 Å². The summed E-state index contributed by atoms with van der Waals surface area (Å²) in [5.74, 6) is -1.60. The molecule has 19 heavy (non-hydrogen) atoms. The summed E-state index contributed by atoms with van der Waals surface area (Å²) < 4.78 is 0.383. The predicted molar refractivity (Wildman–Crippen MR) is 71.1 cm³/mol. The molecule has 0 aromatic carbocycles. The Morgan fingerprint density at radius 2 is 2.00 bits per heavy atom. The van der Waals surface area contributed by atoms with E-state index in [4.69, 9.17) is 5.11 Å². The maximum absolute atomic E-state index is 12.0. The smallest absolute Gasteiger partial charge is 0.337 e. The van der Waals surface area contributed by atoms with Gasteiger partial charge in [0.1, 0.15) is 4.60 Å². The Morgan fingerprint density at radius 1 is 1.21 bits per heavy atom. The van der Waals surface area contributed by atoms with Crippen LogP contribution in [-0.2, 0) is 0 Å². The van der Waals surface area contributed by atoms with Gasteiger partial charge in [0.05, 0.1) is 23.0 Å². The highest BCUT2D eigenvalue weighted by Gasteiger charge is 2.15. The second-order valence-electron chi connectivity index (χ2n) is 3.52. The van der Waals surface area contributed by atoms with Crippen molar-refractivity contribution >= 4 is 33.5 Å². The monoisotopic (exact) mass is 321 g/mol. The minimum atomic E-state index is -1.14. The number of aromatic nitrogens is 2. The molecular formula is C12H8BrN3O3. The lowest BCUT2D eigenvalue weighted by molar-refractivity contribution is 0.0698. The molecule has 0 spiro atoms. The average Bonchev–Trinajstić information content (AvgIpc) is 2.39. The highest BCUT2D eigenvalue weighted by atomic mass is 79.9. The Labute approximate surface area is 116 Å². The normalized spacial score (nSPS) is 9.95. The molecule has 0 aliphatic rings. The number of anilines is 1. The molecule has 2 heterocycles. The number of pyridine rings is 2. The van der Waals surface area contributed by atoms with Gasteiger partial charge in [-0.1, -0.05) is 0 Å². The first-order valence-electron chi connectivity index (χ1n) is 5.19. The van der Waals surface area contributed by atoms with E-state index in [0.29, 0.717) is 10.2 Å². The van der Waals surface area contributed by atoms with E-state index in [9.17, 15) is 9.59 Å². The van der Waals surface area contributed by atoms with Crippen LogP contribution in [0.2, 0.25) is 0 Å². The van der Waals surface area contributed by atoms with E-state index in [1.165, 1.54) is 24.7 Å². The zero-order chi connectivity index (χ0) is 13.8. The highest BCUT2D eigenvalue weighted by Crippen LogP contribution is 2.17. The van der Waals surface area contributed by atoms with Crippen LogP contribution in [0, 0.1) is 0 Å². The largest absolute Gasteiger partial charge is 0.478 e. The molecule has 0 fully saturated rings. The number of nitrogens with zero attached hydrogens (tertiary/aromatic N) is 2. The molecule has 0 aliphatic heterocycles. The molecule has 7 heteroatoms. The first-order chi connectivity index (χ1) is 9.09. The van der Waals surface area contributed by atoms with Gasteiger partial charge in [-0.05, 0) is 34.1 Å². The fourth-order valence-electron chi connectivity index (χ4n) is 1.43. The summed E-state index contributed by atoms with van der Waals surface area (Å²) in [6.07, 6.45) is 4.17. The topological polar surface area (TPSA) is 92.2 Å². The van der Waals surface area contributed by atoms with Crippen LogP contribution in [-0.4, -0.2) is 27.0 Å². The molecular weight excluding hydrogens is 314 g/mol. The number of rotatable bonds is 3. The molecule has 0 aliphatic carbocycles. The van der Waals surface area contributed by atoms with Crippen molar-refractivity contribution in [2.24, 2.45) is 0 Å². The summed E-state index contributed by atoms with van der Waals surface area (Å²) in [6.45, 7) is 0. The van der Waals surface area contributed by atoms with Gasteiger partial charge in [-0.2, -0.15) is 0 Å². The molecule has 0 atom stereocenters. The third-order valence-corrected chi connectivity index (χ3v) is 2.94. The second kappa shape index (κ2) is 5.57. The van der Waals surface area contributed by atoms with Crippen molar-refractivity contribution in [3.8, 4) is 0 Å². The summed E-state index contributed by atoms with van der Waals surface area (Å²) in [4.78, 5) is 30.7. The van der Waals surface area contributed by atoms with Gasteiger partial charge >= 0.3 is 5.97 Å². The SMILES string of the molecule is O=C(O)c1ccncc1NC(=O)c1cccnc1Br. The van der Waals surface area contributed by atoms with Crippen molar-refractivity contribution in [1.29, 1.82) is 0 Å². The van der Waals surface area contributed by atoms with Crippen LogP contribution >= 0.6 is 15.9 Å². The molecule has 1 amide bonds. The fraction of sp³-hybridized carbons (Fsp3) is 0. The number of carboxylic acid groups (broad SMARTS) is 1. The van der Waals surface area contributed by atoms with E-state index in [0.717, 1.165) is 0 Å². The van der Waals surface area contributed by atoms with Gasteiger partial charge in [-0.3, -0.25) is 9.78 Å². The van der Waals surface area contributed by atoms with Gasteiger partial charge in [0, 0.05) is 12.4 Å². The molecule has 2 rings (SSSR count). The Balaban J connectivity index is 2.30. The number of hydrogen-bond donors (Lipinski definition) is 2.